The van der Waals surface area contributed by atoms with Crippen LogP contribution < -0.4 is 4.90 Å². The third kappa shape index (κ3) is 4.03. The van der Waals surface area contributed by atoms with Gasteiger partial charge in [0.2, 0.25) is 0 Å². The Morgan fingerprint density at radius 3 is 2.50 bits per heavy atom. The molecule has 2 heterocycles. The van der Waals surface area contributed by atoms with Crippen LogP contribution in [0.1, 0.15) is 29.8 Å². The van der Waals surface area contributed by atoms with E-state index in [0.29, 0.717) is 0 Å². The van der Waals surface area contributed by atoms with E-state index in [1.54, 1.807) is 23.1 Å². The van der Waals surface area contributed by atoms with Crippen LogP contribution >= 0.6 is 23.1 Å². The number of amides is 1. The second-order valence-electron chi connectivity index (χ2n) is 6.89. The molecule has 146 valence electrons. The summed E-state index contributed by atoms with van der Waals surface area (Å²) in [6.07, 6.45) is 1.04. The van der Waals surface area contributed by atoms with E-state index in [1.807, 2.05) is 29.2 Å². The predicted molar refractivity (Wildman–Crippen MR) is 120 cm³/mol. The second kappa shape index (κ2) is 8.53. The van der Waals surface area contributed by atoms with Crippen molar-refractivity contribution in [2.45, 2.75) is 25.2 Å². The molecule has 3 aromatic rings. The minimum absolute atomic E-state index is 0.129. The molecule has 0 unspecified atom stereocenters. The summed E-state index contributed by atoms with van der Waals surface area (Å²) in [5.74, 6) is 1.17. The molecule has 0 aliphatic carbocycles. The van der Waals surface area contributed by atoms with Gasteiger partial charge >= 0.3 is 0 Å². The zero-order chi connectivity index (χ0) is 19.5. The third-order valence-corrected chi connectivity index (χ3v) is 7.07. The largest absolute Gasteiger partial charge is 0.345 e. The number of thioether (sulfide) groups is 1. The molecule has 0 bridgehead atoms. The van der Waals surface area contributed by atoms with Crippen molar-refractivity contribution >= 4 is 44.4 Å². The molecule has 0 saturated carbocycles. The Morgan fingerprint density at radius 1 is 1.07 bits per heavy atom. The number of aromatic nitrogens is 1. The number of carbonyl (C=O) groups is 1. The first-order chi connectivity index (χ1) is 13.7. The molecule has 2 aromatic carbocycles. The minimum Gasteiger partial charge on any atom is -0.345 e. The Hall–Kier alpha value is -2.05. The zero-order valence-corrected chi connectivity index (χ0v) is 18.0. The number of nitrogens with zero attached hydrogens (tertiary/aromatic N) is 3. The number of benzene rings is 2. The van der Waals surface area contributed by atoms with E-state index < -0.39 is 0 Å². The topological polar surface area (TPSA) is 36.4 Å². The summed E-state index contributed by atoms with van der Waals surface area (Å²) >= 11 is 3.55. The maximum absolute atomic E-state index is 12.8. The van der Waals surface area contributed by atoms with Crippen molar-refractivity contribution in [1.82, 2.24) is 9.88 Å². The monoisotopic (exact) mass is 411 g/mol. The summed E-state index contributed by atoms with van der Waals surface area (Å²) < 4.78 is 1.25. The van der Waals surface area contributed by atoms with Gasteiger partial charge in [-0.15, -0.1) is 11.8 Å². The fraction of sp³-hybridized carbons (Fsp3) is 0.364. The van der Waals surface area contributed by atoms with Crippen LogP contribution in [0, 0.1) is 0 Å². The van der Waals surface area contributed by atoms with Crippen LogP contribution in [0.3, 0.4) is 0 Å². The number of hydrogen-bond donors (Lipinski definition) is 0. The molecule has 1 aromatic heterocycles. The molecule has 0 radical (unpaired) electrons. The Labute approximate surface area is 174 Å². The Bertz CT molecular complexity index is 960. The van der Waals surface area contributed by atoms with Crippen LogP contribution in [0.25, 0.3) is 10.2 Å². The molecule has 4 rings (SSSR count). The highest BCUT2D eigenvalue weighted by molar-refractivity contribution is 7.99. The number of rotatable bonds is 5. The van der Waals surface area contributed by atoms with Crippen molar-refractivity contribution in [2.24, 2.45) is 0 Å². The lowest BCUT2D eigenvalue weighted by atomic mass is 10.2. The third-order valence-electron chi connectivity index (χ3n) is 5.10. The van der Waals surface area contributed by atoms with Crippen LogP contribution in [0.4, 0.5) is 5.13 Å². The lowest BCUT2D eigenvalue weighted by Gasteiger charge is -2.34. The summed E-state index contributed by atoms with van der Waals surface area (Å²) in [4.78, 5) is 23.1. The van der Waals surface area contributed by atoms with Crippen molar-refractivity contribution in [1.29, 1.82) is 0 Å². The van der Waals surface area contributed by atoms with Crippen molar-refractivity contribution in [2.75, 3.05) is 36.8 Å². The van der Waals surface area contributed by atoms with Crippen LogP contribution in [0.5, 0.6) is 0 Å². The summed E-state index contributed by atoms with van der Waals surface area (Å²) in [7, 11) is 0. The highest BCUT2D eigenvalue weighted by Gasteiger charge is 2.24. The van der Waals surface area contributed by atoms with Gasteiger partial charge in [0.15, 0.2) is 5.13 Å². The van der Waals surface area contributed by atoms with E-state index >= 15 is 0 Å². The van der Waals surface area contributed by atoms with Crippen molar-refractivity contribution in [3.63, 3.8) is 0 Å². The van der Waals surface area contributed by atoms with Crippen molar-refractivity contribution in [3.05, 3.63) is 53.6 Å². The number of piperazine rings is 1. The Morgan fingerprint density at radius 2 is 1.82 bits per heavy atom. The van der Waals surface area contributed by atoms with Gasteiger partial charge < -0.3 is 9.80 Å². The van der Waals surface area contributed by atoms with Gasteiger partial charge in [-0.25, -0.2) is 4.98 Å². The number of hydrogen-bond acceptors (Lipinski definition) is 5. The number of carbonyl (C=O) groups excluding carboxylic acids is 1. The van der Waals surface area contributed by atoms with Gasteiger partial charge in [-0.1, -0.05) is 31.3 Å². The molecule has 0 spiro atoms. The number of aryl methyl sites for hydroxylation is 1. The standard InChI is InChI=1S/C22H25N3OS2/c1-3-16-5-10-19-20(15-16)28-22(23-19)25-13-11-24(12-14-25)21(26)17-6-8-18(9-7-17)27-4-2/h5-10,15H,3-4,11-14H2,1-2H3. The van der Waals surface area contributed by atoms with Gasteiger partial charge in [-0.3, -0.25) is 4.79 Å². The maximum atomic E-state index is 12.8. The molecule has 1 aliphatic heterocycles. The smallest absolute Gasteiger partial charge is 0.253 e. The van der Waals surface area contributed by atoms with E-state index in [4.69, 9.17) is 4.98 Å². The first kappa shape index (κ1) is 19.3. The summed E-state index contributed by atoms with van der Waals surface area (Å²) in [5.41, 5.74) is 3.20. The van der Waals surface area contributed by atoms with Crippen LogP contribution in [0.2, 0.25) is 0 Å². The molecule has 6 heteroatoms. The van der Waals surface area contributed by atoms with E-state index in [1.165, 1.54) is 15.2 Å². The highest BCUT2D eigenvalue weighted by Crippen LogP contribution is 2.30. The molecule has 1 amide bonds. The molecule has 0 N–H and O–H groups in total. The fourth-order valence-electron chi connectivity index (χ4n) is 3.46. The molecule has 28 heavy (non-hydrogen) atoms. The number of fused-ring (bicyclic) bond motifs is 1. The first-order valence-corrected chi connectivity index (χ1v) is 11.6. The van der Waals surface area contributed by atoms with E-state index in [0.717, 1.165) is 54.6 Å². The van der Waals surface area contributed by atoms with Gasteiger partial charge in [0, 0.05) is 36.6 Å². The quantitative estimate of drug-likeness (QED) is 0.558. The maximum Gasteiger partial charge on any atom is 0.253 e. The Kier molecular flexibility index (Phi) is 5.87. The van der Waals surface area contributed by atoms with E-state index in [-0.39, 0.29) is 5.91 Å². The van der Waals surface area contributed by atoms with Crippen LogP contribution in [0.15, 0.2) is 47.4 Å². The normalized spacial score (nSPS) is 14.6. The summed E-state index contributed by atoms with van der Waals surface area (Å²) in [6.45, 7) is 7.44. The fourth-order valence-corrected chi connectivity index (χ4v) is 5.20. The molecule has 1 saturated heterocycles. The average molecular weight is 412 g/mol. The summed E-state index contributed by atoms with van der Waals surface area (Å²) in [6, 6.07) is 14.5. The predicted octanol–water partition coefficient (Wildman–Crippen LogP) is 4.93. The number of thiazole rings is 1. The van der Waals surface area contributed by atoms with Gasteiger partial charge in [-0.05, 0) is 54.1 Å². The SMILES string of the molecule is CCSc1ccc(C(=O)N2CCN(c3nc4ccc(CC)cc4s3)CC2)cc1. The lowest BCUT2D eigenvalue weighted by Crippen LogP contribution is -2.48. The Balaban J connectivity index is 1.40. The number of anilines is 1. The van der Waals surface area contributed by atoms with Gasteiger partial charge in [-0.2, -0.15) is 0 Å². The molecule has 4 nitrogen and oxygen atoms in total. The van der Waals surface area contributed by atoms with E-state index in [2.05, 4.69) is 36.9 Å². The van der Waals surface area contributed by atoms with E-state index in [9.17, 15) is 4.79 Å². The van der Waals surface area contributed by atoms with Crippen molar-refractivity contribution in [3.8, 4) is 0 Å². The second-order valence-corrected chi connectivity index (χ2v) is 9.24. The molecule has 1 aliphatic rings. The van der Waals surface area contributed by atoms with Gasteiger partial charge in [0.05, 0.1) is 10.2 Å². The first-order valence-electron chi connectivity index (χ1n) is 9.84. The molecule has 1 fully saturated rings. The van der Waals surface area contributed by atoms with Crippen LogP contribution in [-0.2, 0) is 6.42 Å². The van der Waals surface area contributed by atoms with Gasteiger partial charge in [0.1, 0.15) is 0 Å². The zero-order valence-electron chi connectivity index (χ0n) is 16.4. The van der Waals surface area contributed by atoms with Gasteiger partial charge in [0.25, 0.3) is 5.91 Å². The molecular formula is C22H25N3OS2. The highest BCUT2D eigenvalue weighted by atomic mass is 32.2. The molecular weight excluding hydrogens is 386 g/mol. The molecule has 0 atom stereocenters. The lowest BCUT2D eigenvalue weighted by molar-refractivity contribution is 0.0746. The average Bonchev–Trinajstić information content (AvgIpc) is 3.17. The van der Waals surface area contributed by atoms with Crippen molar-refractivity contribution < 1.29 is 4.79 Å². The minimum atomic E-state index is 0.129. The summed E-state index contributed by atoms with van der Waals surface area (Å²) in [5, 5.41) is 1.07. The van der Waals surface area contributed by atoms with Crippen LogP contribution in [-0.4, -0.2) is 47.7 Å².